The normalized spacial score (nSPS) is 13.5. The Bertz CT molecular complexity index is 1440. The van der Waals surface area contributed by atoms with E-state index in [2.05, 4.69) is 5.32 Å². The van der Waals surface area contributed by atoms with Gasteiger partial charge in [-0.3, -0.25) is 13.9 Å². The van der Waals surface area contributed by atoms with E-state index in [4.69, 9.17) is 14.2 Å². The number of ether oxygens (including phenoxy) is 3. The van der Waals surface area contributed by atoms with Crippen LogP contribution in [-0.4, -0.2) is 72.2 Å². The van der Waals surface area contributed by atoms with Gasteiger partial charge in [0.2, 0.25) is 5.91 Å². The molecule has 0 bridgehead atoms. The number of rotatable bonds is 9. The van der Waals surface area contributed by atoms with Crippen molar-refractivity contribution in [3.8, 4) is 11.5 Å². The van der Waals surface area contributed by atoms with Crippen LogP contribution in [0.5, 0.6) is 11.5 Å². The van der Waals surface area contributed by atoms with Crippen LogP contribution >= 0.6 is 0 Å². The molecule has 39 heavy (non-hydrogen) atoms. The second kappa shape index (κ2) is 12.2. The Morgan fingerprint density at radius 1 is 0.974 bits per heavy atom. The lowest BCUT2D eigenvalue weighted by atomic mass is 10.1. The molecule has 11 heteroatoms. The van der Waals surface area contributed by atoms with E-state index in [1.807, 2.05) is 6.92 Å². The first-order valence-electron chi connectivity index (χ1n) is 12.3. The molecule has 1 N–H and O–H groups in total. The molecule has 3 aromatic carbocycles. The van der Waals surface area contributed by atoms with Gasteiger partial charge < -0.3 is 24.4 Å². The number of anilines is 2. The molecule has 4 rings (SSSR count). The van der Waals surface area contributed by atoms with Crippen LogP contribution in [0.4, 0.5) is 11.4 Å². The minimum absolute atomic E-state index is 0.00803. The Labute approximate surface area is 228 Å². The Hall–Kier alpha value is -4.09. The van der Waals surface area contributed by atoms with E-state index in [9.17, 15) is 18.0 Å². The van der Waals surface area contributed by atoms with Crippen LogP contribution in [-0.2, 0) is 19.6 Å². The highest BCUT2D eigenvalue weighted by molar-refractivity contribution is 7.92. The average molecular weight is 554 g/mol. The van der Waals surface area contributed by atoms with Crippen molar-refractivity contribution in [2.45, 2.75) is 11.8 Å². The third-order valence-corrected chi connectivity index (χ3v) is 8.05. The van der Waals surface area contributed by atoms with Gasteiger partial charge in [0.15, 0.2) is 0 Å². The zero-order valence-corrected chi connectivity index (χ0v) is 22.9. The highest BCUT2D eigenvalue weighted by Crippen LogP contribution is 2.36. The van der Waals surface area contributed by atoms with Crippen molar-refractivity contribution in [1.82, 2.24) is 4.90 Å². The number of morpholine rings is 1. The van der Waals surface area contributed by atoms with Crippen LogP contribution in [0.3, 0.4) is 0 Å². The molecule has 206 valence electrons. The van der Waals surface area contributed by atoms with Gasteiger partial charge in [0.25, 0.3) is 15.9 Å². The van der Waals surface area contributed by atoms with Crippen molar-refractivity contribution in [2.75, 3.05) is 56.7 Å². The quantitative estimate of drug-likeness (QED) is 0.432. The Morgan fingerprint density at radius 3 is 2.33 bits per heavy atom. The first-order chi connectivity index (χ1) is 18.7. The van der Waals surface area contributed by atoms with Crippen molar-refractivity contribution in [2.24, 2.45) is 0 Å². The molecule has 1 saturated heterocycles. The summed E-state index contributed by atoms with van der Waals surface area (Å²) in [7, 11) is -1.34. The number of hydrogen-bond donors (Lipinski definition) is 1. The van der Waals surface area contributed by atoms with Gasteiger partial charge >= 0.3 is 0 Å². The third kappa shape index (κ3) is 6.32. The molecule has 1 fully saturated rings. The summed E-state index contributed by atoms with van der Waals surface area (Å²) in [4.78, 5) is 28.2. The lowest BCUT2D eigenvalue weighted by molar-refractivity contribution is -0.114. The number of carbonyl (C=O) groups excluding carboxylic acids is 2. The van der Waals surface area contributed by atoms with Crippen LogP contribution in [0.2, 0.25) is 0 Å². The topological polar surface area (TPSA) is 114 Å². The lowest BCUT2D eigenvalue weighted by Crippen LogP contribution is -2.41. The fourth-order valence-corrected chi connectivity index (χ4v) is 5.59. The number of nitrogens with zero attached hydrogens (tertiary/aromatic N) is 2. The highest BCUT2D eigenvalue weighted by atomic mass is 32.2. The van der Waals surface area contributed by atoms with Gasteiger partial charge in [-0.05, 0) is 43.3 Å². The third-order valence-electron chi connectivity index (χ3n) is 6.28. The minimum atomic E-state index is -4.21. The molecule has 1 heterocycles. The number of nitrogens with one attached hydrogen (secondary N) is 1. The molecule has 0 unspecified atom stereocenters. The van der Waals surface area contributed by atoms with Gasteiger partial charge in [-0.25, -0.2) is 8.42 Å². The van der Waals surface area contributed by atoms with E-state index in [1.54, 1.807) is 53.4 Å². The predicted molar refractivity (Wildman–Crippen MR) is 147 cm³/mol. The van der Waals surface area contributed by atoms with E-state index in [-0.39, 0.29) is 27.9 Å². The van der Waals surface area contributed by atoms with Crippen molar-refractivity contribution in [3.05, 3.63) is 77.9 Å². The molecule has 0 radical (unpaired) electrons. The van der Waals surface area contributed by atoms with Gasteiger partial charge in [-0.1, -0.05) is 29.8 Å². The van der Waals surface area contributed by atoms with Gasteiger partial charge in [-0.15, -0.1) is 0 Å². The fourth-order valence-electron chi connectivity index (χ4n) is 4.16. The fraction of sp³-hybridized carbons (Fsp3) is 0.286. The number of aryl methyl sites for hydroxylation is 1. The molecule has 1 aliphatic heterocycles. The van der Waals surface area contributed by atoms with Crippen LogP contribution in [0.15, 0.2) is 71.6 Å². The number of benzene rings is 3. The molecule has 10 nitrogen and oxygen atoms in total. The maximum Gasteiger partial charge on any atom is 0.264 e. The van der Waals surface area contributed by atoms with Crippen LogP contribution in [0.1, 0.15) is 15.9 Å². The Morgan fingerprint density at radius 2 is 1.67 bits per heavy atom. The summed E-state index contributed by atoms with van der Waals surface area (Å²) in [6.45, 7) is 3.03. The van der Waals surface area contributed by atoms with Crippen molar-refractivity contribution in [3.63, 3.8) is 0 Å². The highest BCUT2D eigenvalue weighted by Gasteiger charge is 2.30. The molecule has 0 saturated carbocycles. The smallest absolute Gasteiger partial charge is 0.264 e. The predicted octanol–water partition coefficient (Wildman–Crippen LogP) is 3.32. The molecule has 2 amide bonds. The molecule has 1 aliphatic rings. The molecule has 0 aromatic heterocycles. The van der Waals surface area contributed by atoms with Gasteiger partial charge in [0.1, 0.15) is 18.0 Å². The summed E-state index contributed by atoms with van der Waals surface area (Å²) < 4.78 is 44.8. The number of methoxy groups -OCH3 is 2. The SMILES string of the molecule is COc1ccc(OC)c(N(CC(=O)Nc2ccccc2C(=O)N2CCOCC2)S(=O)(=O)c2ccc(C)cc2)c1. The Kier molecular flexibility index (Phi) is 8.72. The second-order valence-electron chi connectivity index (χ2n) is 8.86. The molecular weight excluding hydrogens is 522 g/mol. The molecule has 0 spiro atoms. The summed E-state index contributed by atoms with van der Waals surface area (Å²) in [5.41, 5.74) is 1.60. The van der Waals surface area contributed by atoms with Gasteiger partial charge in [0, 0.05) is 19.2 Å². The zero-order chi connectivity index (χ0) is 28.0. The van der Waals surface area contributed by atoms with E-state index in [1.165, 1.54) is 32.4 Å². The summed E-state index contributed by atoms with van der Waals surface area (Å²) in [5.74, 6) is -0.260. The number of sulfonamides is 1. The first-order valence-corrected chi connectivity index (χ1v) is 13.8. The number of para-hydroxylation sites is 1. The van der Waals surface area contributed by atoms with Crippen LogP contribution in [0, 0.1) is 6.92 Å². The molecule has 0 atom stereocenters. The summed E-state index contributed by atoms with van der Waals surface area (Å²) in [5, 5.41) is 2.73. The van der Waals surface area contributed by atoms with Crippen molar-refractivity contribution < 1.29 is 32.2 Å². The Balaban J connectivity index is 1.69. The first kappa shape index (κ1) is 27.9. The van der Waals surface area contributed by atoms with E-state index in [0.29, 0.717) is 37.6 Å². The summed E-state index contributed by atoms with van der Waals surface area (Å²) >= 11 is 0. The number of amides is 2. The van der Waals surface area contributed by atoms with Crippen LogP contribution in [0.25, 0.3) is 0 Å². The van der Waals surface area contributed by atoms with Crippen LogP contribution < -0.4 is 19.1 Å². The molecule has 0 aliphatic carbocycles. The van der Waals surface area contributed by atoms with Gasteiger partial charge in [0.05, 0.1) is 49.3 Å². The number of hydrogen-bond acceptors (Lipinski definition) is 7. The maximum atomic E-state index is 13.9. The zero-order valence-electron chi connectivity index (χ0n) is 22.0. The monoisotopic (exact) mass is 553 g/mol. The van der Waals surface area contributed by atoms with E-state index < -0.39 is 22.5 Å². The van der Waals surface area contributed by atoms with Gasteiger partial charge in [-0.2, -0.15) is 0 Å². The molecule has 3 aromatic rings. The molecular formula is C28H31N3O7S. The second-order valence-corrected chi connectivity index (χ2v) is 10.7. The van der Waals surface area contributed by atoms with Crippen molar-refractivity contribution >= 4 is 33.2 Å². The lowest BCUT2D eigenvalue weighted by Gasteiger charge is -2.28. The summed E-state index contributed by atoms with van der Waals surface area (Å²) in [6, 6.07) is 17.7. The maximum absolute atomic E-state index is 13.9. The number of carbonyl (C=O) groups is 2. The summed E-state index contributed by atoms with van der Waals surface area (Å²) in [6.07, 6.45) is 0. The largest absolute Gasteiger partial charge is 0.497 e. The van der Waals surface area contributed by atoms with E-state index >= 15 is 0 Å². The van der Waals surface area contributed by atoms with Crippen molar-refractivity contribution in [1.29, 1.82) is 0 Å². The van der Waals surface area contributed by atoms with E-state index in [0.717, 1.165) is 9.87 Å². The minimum Gasteiger partial charge on any atom is -0.497 e. The average Bonchev–Trinajstić information content (AvgIpc) is 2.96. The standard InChI is InChI=1S/C28H31N3O7S/c1-20-8-11-22(12-9-20)39(34,35)31(25-18-21(36-2)10-13-26(25)37-3)19-27(32)29-24-7-5-4-6-23(24)28(33)30-14-16-38-17-15-30/h4-13,18H,14-17,19H2,1-3H3,(H,29,32).